The molecule has 0 spiro atoms. The highest BCUT2D eigenvalue weighted by Gasteiger charge is 2.36. The summed E-state index contributed by atoms with van der Waals surface area (Å²) in [6.45, 7) is 4.55. The van der Waals surface area contributed by atoms with E-state index in [1.54, 1.807) is 6.07 Å². The summed E-state index contributed by atoms with van der Waals surface area (Å²) in [5.41, 5.74) is 2.24. The van der Waals surface area contributed by atoms with Crippen LogP contribution in [0.5, 0.6) is 11.5 Å². The van der Waals surface area contributed by atoms with Crippen molar-refractivity contribution in [3.05, 3.63) is 23.3 Å². The number of fused-ring (bicyclic) bond motifs is 3. The Morgan fingerprint density at radius 2 is 2.05 bits per heavy atom. The largest absolute Gasteiger partial charge is 0.504 e. The highest BCUT2D eigenvalue weighted by Crippen LogP contribution is 2.45. The molecule has 0 radical (unpaired) electrons. The maximum Gasteiger partial charge on any atom is 0.160 e. The fourth-order valence-corrected chi connectivity index (χ4v) is 3.81. The average molecular weight is 328 g/mol. The van der Waals surface area contributed by atoms with Crippen LogP contribution in [0, 0.1) is 0 Å². The number of rotatable bonds is 1. The van der Waals surface area contributed by atoms with Gasteiger partial charge in [0.05, 0.1) is 0 Å². The van der Waals surface area contributed by atoms with Gasteiger partial charge in [0, 0.05) is 11.6 Å². The third-order valence-corrected chi connectivity index (χ3v) is 4.69. The number of aromatic hydroxyl groups is 2. The molecule has 4 heteroatoms. The molecule has 1 aliphatic heterocycles. The minimum Gasteiger partial charge on any atom is -0.504 e. The molecule has 2 aliphatic rings. The van der Waals surface area contributed by atoms with Crippen LogP contribution in [-0.2, 0) is 6.42 Å². The van der Waals surface area contributed by atoms with Crippen molar-refractivity contribution < 1.29 is 10.2 Å². The number of hydrogen-bond acceptors (Lipinski definition) is 3. The molecule has 1 heterocycles. The number of benzene rings is 1. The first-order valence-corrected chi connectivity index (χ1v) is 7.00. The van der Waals surface area contributed by atoms with E-state index in [0.29, 0.717) is 12.0 Å². The molecule has 106 valence electrons. The van der Waals surface area contributed by atoms with E-state index in [2.05, 4.69) is 11.8 Å². The standard InChI is InChI=1S/C15H21NO2.BrH/c1-2-16-9-3-4-11-10-6-8-14(17)15(18)12(10)5-7-13(11)16;/h6,8,11,13,17-18H,2-5,7,9H2,1H3;1H/t11-,13+;/m0./s1. The summed E-state index contributed by atoms with van der Waals surface area (Å²) < 4.78 is 0. The van der Waals surface area contributed by atoms with Crippen molar-refractivity contribution in [3.63, 3.8) is 0 Å². The molecule has 1 aromatic rings. The van der Waals surface area contributed by atoms with Gasteiger partial charge < -0.3 is 15.1 Å². The average Bonchev–Trinajstić information content (AvgIpc) is 2.41. The predicted octanol–water partition coefficient (Wildman–Crippen LogP) is 3.19. The van der Waals surface area contributed by atoms with E-state index < -0.39 is 0 Å². The second kappa shape index (κ2) is 5.71. The van der Waals surface area contributed by atoms with Crippen molar-refractivity contribution in [2.75, 3.05) is 13.1 Å². The molecule has 1 fully saturated rings. The highest BCUT2D eigenvalue weighted by atomic mass is 79.9. The van der Waals surface area contributed by atoms with Crippen LogP contribution in [0.2, 0.25) is 0 Å². The SMILES string of the molecule is Br.CCN1CCC[C@H]2c3ccc(O)c(O)c3CC[C@H]21. The first-order valence-electron chi connectivity index (χ1n) is 7.00. The second-order valence-corrected chi connectivity index (χ2v) is 5.48. The number of halogens is 1. The minimum absolute atomic E-state index is 0. The maximum absolute atomic E-state index is 9.99. The molecule has 1 aromatic carbocycles. The molecule has 0 aromatic heterocycles. The third-order valence-electron chi connectivity index (χ3n) is 4.69. The van der Waals surface area contributed by atoms with Gasteiger partial charge in [0.2, 0.25) is 0 Å². The first kappa shape index (κ1) is 14.7. The van der Waals surface area contributed by atoms with Gasteiger partial charge in [0.1, 0.15) is 0 Å². The Morgan fingerprint density at radius 1 is 1.26 bits per heavy atom. The zero-order valence-corrected chi connectivity index (χ0v) is 13.0. The quantitative estimate of drug-likeness (QED) is 0.778. The van der Waals surface area contributed by atoms with Crippen molar-refractivity contribution in [2.45, 2.75) is 44.6 Å². The maximum atomic E-state index is 9.99. The van der Waals surface area contributed by atoms with Crippen molar-refractivity contribution >= 4 is 17.0 Å². The molecule has 3 rings (SSSR count). The number of phenolic OH excluding ortho intramolecular Hbond substituents is 2. The number of likely N-dealkylation sites (tertiary alicyclic amines) is 1. The van der Waals surface area contributed by atoms with Crippen LogP contribution in [0.1, 0.15) is 43.2 Å². The number of piperidine rings is 1. The summed E-state index contributed by atoms with van der Waals surface area (Å²) in [5, 5.41) is 19.6. The van der Waals surface area contributed by atoms with Gasteiger partial charge in [-0.2, -0.15) is 0 Å². The summed E-state index contributed by atoms with van der Waals surface area (Å²) in [5.74, 6) is 0.670. The van der Waals surface area contributed by atoms with E-state index in [-0.39, 0.29) is 28.5 Å². The molecule has 0 amide bonds. The molecule has 2 atom stereocenters. The van der Waals surface area contributed by atoms with Crippen molar-refractivity contribution in [2.24, 2.45) is 0 Å². The van der Waals surface area contributed by atoms with Gasteiger partial charge in [0.15, 0.2) is 11.5 Å². The Morgan fingerprint density at radius 3 is 2.79 bits per heavy atom. The summed E-state index contributed by atoms with van der Waals surface area (Å²) in [6.07, 6.45) is 4.42. The molecular formula is C15H22BrNO2. The summed E-state index contributed by atoms with van der Waals surface area (Å²) in [4.78, 5) is 2.57. The van der Waals surface area contributed by atoms with E-state index in [1.807, 2.05) is 6.07 Å². The molecule has 1 saturated heterocycles. The first-order chi connectivity index (χ1) is 8.72. The van der Waals surface area contributed by atoms with Crippen LogP contribution in [-0.4, -0.2) is 34.2 Å². The van der Waals surface area contributed by atoms with Crippen molar-refractivity contribution in [1.29, 1.82) is 0 Å². The van der Waals surface area contributed by atoms with Gasteiger partial charge in [-0.25, -0.2) is 0 Å². The monoisotopic (exact) mass is 327 g/mol. The molecule has 0 saturated carbocycles. The molecule has 0 unspecified atom stereocenters. The second-order valence-electron chi connectivity index (χ2n) is 5.48. The van der Waals surface area contributed by atoms with Crippen LogP contribution >= 0.6 is 17.0 Å². The Hall–Kier alpha value is -0.740. The van der Waals surface area contributed by atoms with Crippen LogP contribution in [0.3, 0.4) is 0 Å². The zero-order chi connectivity index (χ0) is 12.7. The molecule has 1 aliphatic carbocycles. The highest BCUT2D eigenvalue weighted by molar-refractivity contribution is 8.93. The predicted molar refractivity (Wildman–Crippen MR) is 81.4 cm³/mol. The van der Waals surface area contributed by atoms with Gasteiger partial charge in [-0.15, -0.1) is 17.0 Å². The fourth-order valence-electron chi connectivity index (χ4n) is 3.81. The van der Waals surface area contributed by atoms with Gasteiger partial charge >= 0.3 is 0 Å². The van der Waals surface area contributed by atoms with E-state index >= 15 is 0 Å². The fraction of sp³-hybridized carbons (Fsp3) is 0.600. The van der Waals surface area contributed by atoms with E-state index in [0.717, 1.165) is 24.9 Å². The van der Waals surface area contributed by atoms with Crippen molar-refractivity contribution in [3.8, 4) is 11.5 Å². The molecular weight excluding hydrogens is 306 g/mol. The molecule has 0 bridgehead atoms. The Bertz CT molecular complexity index is 464. The lowest BCUT2D eigenvalue weighted by Crippen LogP contribution is -2.46. The normalized spacial score (nSPS) is 26.2. The van der Waals surface area contributed by atoms with Gasteiger partial charge in [-0.3, -0.25) is 0 Å². The number of nitrogens with zero attached hydrogens (tertiary/aromatic N) is 1. The smallest absolute Gasteiger partial charge is 0.160 e. The number of likely N-dealkylation sites (N-methyl/N-ethyl adjacent to an activating group) is 1. The number of phenols is 2. The third kappa shape index (κ3) is 2.36. The van der Waals surface area contributed by atoms with Gasteiger partial charge in [-0.05, 0) is 56.3 Å². The zero-order valence-electron chi connectivity index (χ0n) is 11.3. The summed E-state index contributed by atoms with van der Waals surface area (Å²) in [6, 6.07) is 4.28. The lowest BCUT2D eigenvalue weighted by molar-refractivity contribution is 0.118. The summed E-state index contributed by atoms with van der Waals surface area (Å²) >= 11 is 0. The van der Waals surface area contributed by atoms with E-state index in [1.165, 1.54) is 24.9 Å². The van der Waals surface area contributed by atoms with Gasteiger partial charge in [-0.1, -0.05) is 13.0 Å². The lowest BCUT2D eigenvalue weighted by Gasteiger charge is -2.44. The van der Waals surface area contributed by atoms with E-state index in [4.69, 9.17) is 0 Å². The molecule has 19 heavy (non-hydrogen) atoms. The topological polar surface area (TPSA) is 43.7 Å². The lowest BCUT2D eigenvalue weighted by atomic mass is 9.74. The minimum atomic E-state index is 0. The molecule has 3 nitrogen and oxygen atoms in total. The van der Waals surface area contributed by atoms with Crippen LogP contribution in [0.15, 0.2) is 12.1 Å². The molecule has 2 N–H and O–H groups in total. The Balaban J connectivity index is 0.00000133. The van der Waals surface area contributed by atoms with Crippen molar-refractivity contribution in [1.82, 2.24) is 4.90 Å². The number of hydrogen-bond donors (Lipinski definition) is 2. The Labute approximate surface area is 125 Å². The van der Waals surface area contributed by atoms with Crippen LogP contribution in [0.25, 0.3) is 0 Å². The van der Waals surface area contributed by atoms with Crippen LogP contribution < -0.4 is 0 Å². The van der Waals surface area contributed by atoms with Gasteiger partial charge in [0.25, 0.3) is 0 Å². The van der Waals surface area contributed by atoms with Crippen LogP contribution in [0.4, 0.5) is 0 Å². The van der Waals surface area contributed by atoms with E-state index in [9.17, 15) is 10.2 Å². The Kier molecular flexibility index (Phi) is 4.41. The summed E-state index contributed by atoms with van der Waals surface area (Å²) in [7, 11) is 0.